The first-order valence-corrected chi connectivity index (χ1v) is 5.82. The lowest BCUT2D eigenvalue weighted by molar-refractivity contribution is 0.199. The molecule has 0 saturated carbocycles. The van der Waals surface area contributed by atoms with Crippen molar-refractivity contribution in [3.05, 3.63) is 34.9 Å². The van der Waals surface area contributed by atoms with Gasteiger partial charge in [0.2, 0.25) is 0 Å². The fourth-order valence-corrected chi connectivity index (χ4v) is 2.56. The van der Waals surface area contributed by atoms with Crippen LogP contribution in [-0.4, -0.2) is 5.11 Å². The fraction of sp³-hybridized carbons (Fsp3) is 0.571. The van der Waals surface area contributed by atoms with E-state index < -0.39 is 0 Å². The number of fused-ring (bicyclic) bond motifs is 1. The molecule has 0 aliphatic heterocycles. The summed E-state index contributed by atoms with van der Waals surface area (Å²) in [6.45, 7) is 6.44. The maximum absolute atomic E-state index is 9.60. The highest BCUT2D eigenvalue weighted by Crippen LogP contribution is 2.37. The topological polar surface area (TPSA) is 20.2 Å². The van der Waals surface area contributed by atoms with Crippen molar-refractivity contribution in [2.24, 2.45) is 0 Å². The van der Waals surface area contributed by atoms with Crippen LogP contribution in [0.15, 0.2) is 18.2 Å². The van der Waals surface area contributed by atoms with E-state index in [9.17, 15) is 5.11 Å². The van der Waals surface area contributed by atoms with Crippen LogP contribution < -0.4 is 0 Å². The Morgan fingerprint density at radius 2 is 2.07 bits per heavy atom. The summed E-state index contributed by atoms with van der Waals surface area (Å²) in [5, 5.41) is 9.60. The van der Waals surface area contributed by atoms with Crippen molar-refractivity contribution in [1.29, 1.82) is 0 Å². The van der Waals surface area contributed by atoms with E-state index in [4.69, 9.17) is 0 Å². The largest absolute Gasteiger partial charge is 0.389 e. The molecule has 1 N–H and O–H groups in total. The summed E-state index contributed by atoms with van der Waals surface area (Å²) in [6, 6.07) is 6.45. The first-order chi connectivity index (χ1) is 7.00. The number of hydrogen-bond acceptors (Lipinski definition) is 1. The van der Waals surface area contributed by atoms with Gasteiger partial charge in [-0.1, -0.05) is 32.0 Å². The van der Waals surface area contributed by atoms with Crippen molar-refractivity contribution >= 4 is 0 Å². The zero-order chi connectivity index (χ0) is 11.1. The molecule has 2 rings (SSSR count). The van der Waals surface area contributed by atoms with Crippen molar-refractivity contribution in [3.8, 4) is 0 Å². The lowest BCUT2D eigenvalue weighted by atomic mass is 9.72. The Balaban J connectivity index is 2.49. The molecule has 1 nitrogen and oxygen atoms in total. The highest BCUT2D eigenvalue weighted by molar-refractivity contribution is 5.39. The van der Waals surface area contributed by atoms with E-state index in [2.05, 4.69) is 32.0 Å². The maximum Gasteiger partial charge on any atom is 0.0762 e. The number of hydrogen-bond donors (Lipinski definition) is 1. The maximum atomic E-state index is 9.60. The second-order valence-electron chi connectivity index (χ2n) is 5.33. The number of rotatable bonds is 1. The van der Waals surface area contributed by atoms with Crippen molar-refractivity contribution in [1.82, 2.24) is 0 Å². The first-order valence-electron chi connectivity index (χ1n) is 5.82. The molecule has 0 saturated heterocycles. The smallest absolute Gasteiger partial charge is 0.0762 e. The molecule has 0 heterocycles. The first kappa shape index (κ1) is 10.7. The molecule has 1 aromatic carbocycles. The van der Waals surface area contributed by atoms with E-state index in [0.29, 0.717) is 0 Å². The summed E-state index contributed by atoms with van der Waals surface area (Å²) in [7, 11) is 0. The molecule has 1 atom stereocenters. The predicted molar refractivity (Wildman–Crippen MR) is 63.0 cm³/mol. The highest BCUT2D eigenvalue weighted by Gasteiger charge is 2.27. The molecule has 0 bridgehead atoms. The number of benzene rings is 1. The van der Waals surface area contributed by atoms with Gasteiger partial charge < -0.3 is 5.11 Å². The van der Waals surface area contributed by atoms with Crippen molar-refractivity contribution in [3.63, 3.8) is 0 Å². The van der Waals surface area contributed by atoms with Crippen molar-refractivity contribution < 1.29 is 5.11 Å². The minimum atomic E-state index is -0.354. The van der Waals surface area contributed by atoms with Crippen LogP contribution in [0.2, 0.25) is 0 Å². The van der Waals surface area contributed by atoms with E-state index in [1.165, 1.54) is 30.4 Å². The summed E-state index contributed by atoms with van der Waals surface area (Å²) in [4.78, 5) is 0. The SMILES string of the molecule is CC(O)c1ccc2c(c1)C(C)(C)CCC2. The molecule has 0 fully saturated rings. The summed E-state index contributed by atoms with van der Waals surface area (Å²) >= 11 is 0. The quantitative estimate of drug-likeness (QED) is 0.743. The van der Waals surface area contributed by atoms with E-state index in [0.717, 1.165) is 5.56 Å². The fourth-order valence-electron chi connectivity index (χ4n) is 2.56. The van der Waals surface area contributed by atoms with Gasteiger partial charge in [0.1, 0.15) is 0 Å². The number of aryl methyl sites for hydroxylation is 1. The molecule has 1 aliphatic carbocycles. The predicted octanol–water partition coefficient (Wildman–Crippen LogP) is 3.35. The summed E-state index contributed by atoms with van der Waals surface area (Å²) < 4.78 is 0. The van der Waals surface area contributed by atoms with E-state index in [-0.39, 0.29) is 11.5 Å². The Morgan fingerprint density at radius 1 is 1.33 bits per heavy atom. The van der Waals surface area contributed by atoms with Gasteiger partial charge in [0.15, 0.2) is 0 Å². The minimum absolute atomic E-state index is 0.276. The van der Waals surface area contributed by atoms with Crippen LogP contribution in [0.25, 0.3) is 0 Å². The summed E-state index contributed by atoms with van der Waals surface area (Å²) in [6.07, 6.45) is 3.38. The second-order valence-corrected chi connectivity index (χ2v) is 5.33. The Bertz CT molecular complexity index is 364. The summed E-state index contributed by atoms with van der Waals surface area (Å²) in [5.74, 6) is 0. The Hall–Kier alpha value is -0.820. The molecule has 0 spiro atoms. The zero-order valence-electron chi connectivity index (χ0n) is 9.88. The molecule has 0 amide bonds. The Labute approximate surface area is 92.1 Å². The molecule has 15 heavy (non-hydrogen) atoms. The van der Waals surface area contributed by atoms with Crippen LogP contribution in [0.4, 0.5) is 0 Å². The third-order valence-electron chi connectivity index (χ3n) is 3.59. The number of aliphatic hydroxyl groups excluding tert-OH is 1. The monoisotopic (exact) mass is 204 g/mol. The van der Waals surface area contributed by atoms with Crippen LogP contribution in [0.1, 0.15) is 56.4 Å². The molecule has 1 heteroatoms. The molecular formula is C14H20O. The zero-order valence-corrected chi connectivity index (χ0v) is 9.88. The minimum Gasteiger partial charge on any atom is -0.389 e. The highest BCUT2D eigenvalue weighted by atomic mass is 16.3. The van der Waals surface area contributed by atoms with Gasteiger partial charge in [-0.05, 0) is 48.3 Å². The van der Waals surface area contributed by atoms with Gasteiger partial charge in [-0.25, -0.2) is 0 Å². The van der Waals surface area contributed by atoms with E-state index in [1.807, 2.05) is 6.92 Å². The second kappa shape index (κ2) is 3.64. The van der Waals surface area contributed by atoms with Gasteiger partial charge in [0, 0.05) is 0 Å². The third-order valence-corrected chi connectivity index (χ3v) is 3.59. The third kappa shape index (κ3) is 1.93. The molecule has 0 radical (unpaired) electrons. The average Bonchev–Trinajstić information content (AvgIpc) is 2.17. The van der Waals surface area contributed by atoms with Gasteiger partial charge in [-0.2, -0.15) is 0 Å². The standard InChI is InChI=1S/C14H20O/c1-10(15)12-7-6-11-5-4-8-14(2,3)13(11)9-12/h6-7,9-10,15H,4-5,8H2,1-3H3. The van der Waals surface area contributed by atoms with Gasteiger partial charge >= 0.3 is 0 Å². The number of aliphatic hydroxyl groups is 1. The molecule has 1 unspecified atom stereocenters. The molecule has 82 valence electrons. The molecule has 0 aromatic heterocycles. The van der Waals surface area contributed by atoms with E-state index >= 15 is 0 Å². The van der Waals surface area contributed by atoms with Gasteiger partial charge in [-0.15, -0.1) is 0 Å². The van der Waals surface area contributed by atoms with Crippen LogP contribution in [0.5, 0.6) is 0 Å². The lowest BCUT2D eigenvalue weighted by Gasteiger charge is -2.33. The van der Waals surface area contributed by atoms with Crippen LogP contribution in [0.3, 0.4) is 0 Å². The Kier molecular flexibility index (Phi) is 2.59. The van der Waals surface area contributed by atoms with E-state index in [1.54, 1.807) is 0 Å². The van der Waals surface area contributed by atoms with Crippen LogP contribution in [0, 0.1) is 0 Å². The molecular weight excluding hydrogens is 184 g/mol. The van der Waals surface area contributed by atoms with Gasteiger partial charge in [0.25, 0.3) is 0 Å². The van der Waals surface area contributed by atoms with Gasteiger partial charge in [0.05, 0.1) is 6.10 Å². The van der Waals surface area contributed by atoms with Crippen molar-refractivity contribution in [2.75, 3.05) is 0 Å². The van der Waals surface area contributed by atoms with Gasteiger partial charge in [-0.3, -0.25) is 0 Å². The lowest BCUT2D eigenvalue weighted by Crippen LogP contribution is -2.24. The van der Waals surface area contributed by atoms with Crippen molar-refractivity contribution in [2.45, 2.75) is 51.6 Å². The molecule has 1 aromatic rings. The van der Waals surface area contributed by atoms with Crippen LogP contribution in [-0.2, 0) is 11.8 Å². The normalized spacial score (nSPS) is 20.8. The molecule has 1 aliphatic rings. The Morgan fingerprint density at radius 3 is 2.73 bits per heavy atom. The average molecular weight is 204 g/mol. The summed E-state index contributed by atoms with van der Waals surface area (Å²) in [5.41, 5.74) is 4.23. The van der Waals surface area contributed by atoms with Crippen LogP contribution >= 0.6 is 0 Å².